The lowest BCUT2D eigenvalue weighted by atomic mass is 9.87. The van der Waals surface area contributed by atoms with Crippen molar-refractivity contribution >= 4 is 69.1 Å². The number of aliphatic hydroxyl groups excluding tert-OH is 2. The Bertz CT molecular complexity index is 1970. The lowest BCUT2D eigenvalue weighted by Crippen LogP contribution is -2.46. The Kier molecular flexibility index (Phi) is 22.8. The third-order valence-electron chi connectivity index (χ3n) is 9.81. The van der Waals surface area contributed by atoms with Gasteiger partial charge in [-0.15, -0.1) is 0 Å². The first-order chi connectivity index (χ1) is 30.0. The lowest BCUT2D eigenvalue weighted by Gasteiger charge is -2.30. The van der Waals surface area contributed by atoms with E-state index in [1.165, 1.54) is 52.4 Å². The van der Waals surface area contributed by atoms with Crippen LogP contribution in [-0.4, -0.2) is 129 Å². The number of nitrogens with one attached hydrogen (secondary N) is 2. The number of carbonyl (C=O) groups excluding carboxylic acids is 3. The Labute approximate surface area is 373 Å². The predicted molar refractivity (Wildman–Crippen MR) is 228 cm³/mol. The second-order valence-corrected chi connectivity index (χ2v) is 21.0. The molecule has 0 saturated carbocycles. The van der Waals surface area contributed by atoms with Gasteiger partial charge in [0.15, 0.2) is 23.9 Å². The molecule has 366 valence electrons. The first-order valence-corrected chi connectivity index (χ1v) is 26.2. The molecule has 8 atom stereocenters. The van der Waals surface area contributed by atoms with E-state index in [-0.39, 0.29) is 48.7 Å². The number of anilines is 1. The molecule has 10 N–H and O–H groups in total. The highest BCUT2D eigenvalue weighted by molar-refractivity contribution is 8.13. The average Bonchev–Trinajstić information content (AvgIpc) is 3.78. The van der Waals surface area contributed by atoms with Crippen molar-refractivity contribution in [3.05, 3.63) is 12.7 Å². The maximum atomic E-state index is 14.3. The molecule has 0 spiro atoms. The van der Waals surface area contributed by atoms with Crippen molar-refractivity contribution in [2.24, 2.45) is 5.41 Å². The molecule has 2 aromatic rings. The maximum Gasteiger partial charge on any atom is 0.481 e. The fourth-order valence-electron chi connectivity index (χ4n) is 6.30. The van der Waals surface area contributed by atoms with Gasteiger partial charge in [0.25, 0.3) is 0 Å². The minimum absolute atomic E-state index is 0.0244. The summed E-state index contributed by atoms with van der Waals surface area (Å²) in [6.45, 7) is 2.43. The summed E-state index contributed by atoms with van der Waals surface area (Å²) < 4.78 is 76.6. The molecule has 3 unspecified atom stereocenters. The molecule has 0 aliphatic carbocycles. The highest BCUT2D eigenvalue weighted by Gasteiger charge is 2.50. The van der Waals surface area contributed by atoms with E-state index in [9.17, 15) is 62.3 Å². The van der Waals surface area contributed by atoms with Gasteiger partial charge in [-0.05, 0) is 6.42 Å². The van der Waals surface area contributed by atoms with Crippen LogP contribution < -0.4 is 16.4 Å². The number of halogens is 1. The third kappa shape index (κ3) is 19.0. The van der Waals surface area contributed by atoms with E-state index in [1.807, 2.05) is 0 Å². The summed E-state index contributed by atoms with van der Waals surface area (Å²) in [6, 6.07) is 0. The summed E-state index contributed by atoms with van der Waals surface area (Å²) >= 11 is 0.785. The van der Waals surface area contributed by atoms with Crippen molar-refractivity contribution in [3.8, 4) is 0 Å². The van der Waals surface area contributed by atoms with Crippen LogP contribution in [-0.2, 0) is 50.7 Å². The largest absolute Gasteiger partial charge is 0.481 e. The van der Waals surface area contributed by atoms with Crippen LogP contribution in [0, 0.1) is 5.41 Å². The number of aromatic nitrogens is 4. The number of alkyl halides is 1. The van der Waals surface area contributed by atoms with Crippen LogP contribution in [0.15, 0.2) is 12.7 Å². The van der Waals surface area contributed by atoms with Crippen molar-refractivity contribution in [2.45, 2.75) is 135 Å². The Morgan fingerprint density at radius 1 is 0.953 bits per heavy atom. The van der Waals surface area contributed by atoms with Crippen LogP contribution in [0.25, 0.3) is 11.2 Å². The van der Waals surface area contributed by atoms with Crippen LogP contribution in [0.1, 0.15) is 104 Å². The zero-order chi connectivity index (χ0) is 47.7. The number of phosphoric ester groups is 3. The molecule has 29 heteroatoms. The molecule has 3 heterocycles. The number of ether oxygens (including phenoxy) is 1. The van der Waals surface area contributed by atoms with Gasteiger partial charge in [-0.25, -0.2) is 33.0 Å². The molecule has 1 fully saturated rings. The zero-order valence-electron chi connectivity index (χ0n) is 35.8. The van der Waals surface area contributed by atoms with Crippen LogP contribution in [0.5, 0.6) is 0 Å². The van der Waals surface area contributed by atoms with Crippen molar-refractivity contribution in [2.75, 3.05) is 37.8 Å². The van der Waals surface area contributed by atoms with Gasteiger partial charge in [-0.1, -0.05) is 96.7 Å². The number of phosphoric acid groups is 3. The Hall–Kier alpha value is -2.51. The van der Waals surface area contributed by atoms with Crippen LogP contribution >= 0.6 is 35.2 Å². The van der Waals surface area contributed by atoms with Gasteiger partial charge in [-0.2, -0.15) is 4.31 Å². The molecule has 1 aliphatic heterocycles. The van der Waals surface area contributed by atoms with Gasteiger partial charge in [0, 0.05) is 30.7 Å². The van der Waals surface area contributed by atoms with Gasteiger partial charge in [0.2, 0.25) is 16.9 Å². The second kappa shape index (κ2) is 26.1. The van der Waals surface area contributed by atoms with Crippen molar-refractivity contribution in [1.82, 2.24) is 30.2 Å². The summed E-state index contributed by atoms with van der Waals surface area (Å²) in [6.07, 6.45) is 2.52. The smallest absolute Gasteiger partial charge is 0.386 e. The molecule has 2 amide bonds. The van der Waals surface area contributed by atoms with E-state index in [0.29, 0.717) is 6.42 Å². The molecule has 3 rings (SSSR count). The Morgan fingerprint density at radius 2 is 1.58 bits per heavy atom. The third-order valence-corrected chi connectivity index (χ3v) is 13.9. The number of nitrogen functional groups attached to an aromatic ring is 1. The fourth-order valence-corrected chi connectivity index (χ4v) is 9.83. The van der Waals surface area contributed by atoms with Crippen LogP contribution in [0.3, 0.4) is 0 Å². The highest BCUT2D eigenvalue weighted by atomic mass is 32.2. The molecule has 0 aromatic carbocycles. The zero-order valence-corrected chi connectivity index (χ0v) is 39.3. The number of hydrogen-bond donors (Lipinski definition) is 9. The van der Waals surface area contributed by atoms with Gasteiger partial charge in [-0.3, -0.25) is 32.5 Å². The quantitative estimate of drug-likeness (QED) is 0.0386. The fraction of sp³-hybridized carbons (Fsp3) is 0.771. The van der Waals surface area contributed by atoms with E-state index >= 15 is 0 Å². The summed E-state index contributed by atoms with van der Waals surface area (Å²) in [5, 5.41) is 25.8. The van der Waals surface area contributed by atoms with Crippen LogP contribution in [0.4, 0.5) is 10.2 Å². The second-order valence-electron chi connectivity index (χ2n) is 15.7. The predicted octanol–water partition coefficient (Wildman–Crippen LogP) is 3.31. The number of aliphatic hydroxyl groups is 2. The molecule has 1 saturated heterocycles. The molecule has 0 radical (unpaired) electrons. The lowest BCUT2D eigenvalue weighted by molar-refractivity contribution is -0.137. The van der Waals surface area contributed by atoms with Gasteiger partial charge in [0.05, 0.1) is 19.5 Å². The van der Waals surface area contributed by atoms with Crippen molar-refractivity contribution < 1.29 is 84.9 Å². The molecular weight excluding hydrogens is 934 g/mol. The van der Waals surface area contributed by atoms with E-state index < -0.39 is 95.8 Å². The van der Waals surface area contributed by atoms with E-state index in [2.05, 4.69) is 41.3 Å². The molecule has 64 heavy (non-hydrogen) atoms. The summed E-state index contributed by atoms with van der Waals surface area (Å²) in [7, 11) is -16.4. The first-order valence-electron chi connectivity index (χ1n) is 20.7. The van der Waals surface area contributed by atoms with Crippen LogP contribution in [0.2, 0.25) is 0 Å². The monoisotopic (exact) mass is 995 g/mol. The number of nitrogens with two attached hydrogens (primary N) is 1. The van der Waals surface area contributed by atoms with Gasteiger partial charge < -0.3 is 50.9 Å². The molecule has 1 aliphatic rings. The maximum absolute atomic E-state index is 14.3. The number of amides is 2. The van der Waals surface area contributed by atoms with Gasteiger partial charge >= 0.3 is 23.5 Å². The van der Waals surface area contributed by atoms with E-state index in [0.717, 1.165) is 48.2 Å². The average molecular weight is 996 g/mol. The molecule has 2 aromatic heterocycles. The van der Waals surface area contributed by atoms with E-state index in [4.69, 9.17) is 19.5 Å². The summed E-state index contributed by atoms with van der Waals surface area (Å²) in [4.78, 5) is 88.1. The Morgan fingerprint density at radius 3 is 2.22 bits per heavy atom. The number of thioether (sulfide) groups is 1. The SMILES string of the molecule is CCCCCCCCCCCCC(F)C(=O)SCCNC(=O)CCNC(=O)[C@H](O)C(C)(C)COP(=O)(O)OP(=O)(O)OC[C@H]1O[C@@H](n2cnc3c(N)ncnc32)[C@H](O)[C@@H]1OP(=O)(O)O. The van der Waals surface area contributed by atoms with Crippen molar-refractivity contribution in [1.29, 1.82) is 0 Å². The van der Waals surface area contributed by atoms with Crippen molar-refractivity contribution in [3.63, 3.8) is 0 Å². The summed E-state index contributed by atoms with van der Waals surface area (Å²) in [5.74, 6) is -1.42. The number of fused-ring (bicyclic) bond motifs is 1. The molecular formula is C35H61FN7O17P3S. The number of imidazole rings is 1. The highest BCUT2D eigenvalue weighted by Crippen LogP contribution is 2.61. The molecule has 0 bridgehead atoms. The topological polar surface area (TPSA) is 364 Å². The normalized spacial score (nSPS) is 21.0. The first kappa shape index (κ1) is 55.8. The minimum atomic E-state index is -5.59. The number of hydrogen-bond acceptors (Lipinski definition) is 18. The molecule has 24 nitrogen and oxygen atoms in total. The number of rotatable bonds is 31. The number of carbonyl (C=O) groups is 3. The standard InChI is InChI=1S/C35H61FN7O17P3S/c1-4-5-6-7-8-9-10-11-12-13-14-23(36)34(48)64-18-17-38-25(44)15-16-39-32(47)29(46)35(2,3)20-57-63(54,55)60-62(52,53)56-19-24-28(59-61(49,50)51)27(45)33(58-24)43-22-42-26-30(37)40-21-41-31(26)43/h21-24,27-29,33,45-46H,4-20H2,1-3H3,(H,38,44)(H,39,47)(H,52,53)(H,54,55)(H2,37,40,41)(H2,49,50,51)/t23?,24-,27-,28-,29+,33-/m1/s1. The Balaban J connectivity index is 1.36. The van der Waals surface area contributed by atoms with E-state index in [1.54, 1.807) is 0 Å². The number of nitrogens with zero attached hydrogens (tertiary/aromatic N) is 4. The summed E-state index contributed by atoms with van der Waals surface area (Å²) in [5.41, 5.74) is 4.23. The van der Waals surface area contributed by atoms with Gasteiger partial charge in [0.1, 0.15) is 36.3 Å². The minimum Gasteiger partial charge on any atom is -0.386 e. The number of unbranched alkanes of at least 4 members (excludes halogenated alkanes) is 9.